The molecule has 0 unspecified atom stereocenters. The van der Waals surface area contributed by atoms with Crippen molar-refractivity contribution in [3.63, 3.8) is 0 Å². The zero-order chi connectivity index (χ0) is 13.5. The zero-order valence-corrected chi connectivity index (χ0v) is 12.1. The third-order valence-corrected chi connectivity index (χ3v) is 3.41. The van der Waals surface area contributed by atoms with Crippen molar-refractivity contribution in [2.75, 3.05) is 31.2 Å². The van der Waals surface area contributed by atoms with Crippen LogP contribution in [0.2, 0.25) is 0 Å². The molecule has 1 N–H and O–H groups in total. The fraction of sp³-hybridized carbons (Fsp3) is 0.667. The molecule has 0 radical (unpaired) electrons. The zero-order valence-electron chi connectivity index (χ0n) is 12.1. The first-order valence-electron chi connectivity index (χ1n) is 7.34. The van der Waals surface area contributed by atoms with Crippen molar-refractivity contribution in [3.05, 3.63) is 24.0 Å². The van der Waals surface area contributed by atoms with Crippen molar-refractivity contribution in [2.24, 2.45) is 0 Å². The lowest BCUT2D eigenvalue weighted by atomic mass is 10.2. The maximum atomic E-state index is 5.44. The molecule has 4 heteroatoms. The minimum Gasteiger partial charge on any atom is -0.380 e. The first kappa shape index (κ1) is 14.3. The van der Waals surface area contributed by atoms with Crippen molar-refractivity contribution >= 4 is 5.69 Å². The van der Waals surface area contributed by atoms with Gasteiger partial charge >= 0.3 is 0 Å². The van der Waals surface area contributed by atoms with Crippen LogP contribution in [0, 0.1) is 0 Å². The number of ether oxygens (including phenoxy) is 1. The number of nitrogens with zero attached hydrogens (tertiary/aromatic N) is 2. The molecule has 1 aliphatic rings. The molecular formula is C15H25N3O. The molecule has 1 aliphatic carbocycles. The molecule has 0 bridgehead atoms. The van der Waals surface area contributed by atoms with E-state index in [9.17, 15) is 0 Å². The molecule has 0 aliphatic heterocycles. The van der Waals surface area contributed by atoms with E-state index >= 15 is 0 Å². The van der Waals surface area contributed by atoms with Gasteiger partial charge in [0.05, 0.1) is 12.3 Å². The molecule has 106 valence electrons. The maximum absolute atomic E-state index is 5.44. The molecule has 2 rings (SSSR count). The van der Waals surface area contributed by atoms with Gasteiger partial charge in [0, 0.05) is 44.2 Å². The van der Waals surface area contributed by atoms with Gasteiger partial charge in [-0.05, 0) is 38.8 Å². The van der Waals surface area contributed by atoms with Gasteiger partial charge < -0.3 is 15.0 Å². The number of hydrogen-bond acceptors (Lipinski definition) is 4. The Morgan fingerprint density at radius 2 is 2.26 bits per heavy atom. The highest BCUT2D eigenvalue weighted by Gasteiger charge is 2.20. The Morgan fingerprint density at radius 1 is 1.42 bits per heavy atom. The number of anilines is 1. The molecule has 1 saturated carbocycles. The Morgan fingerprint density at radius 3 is 2.95 bits per heavy atom. The van der Waals surface area contributed by atoms with Crippen molar-refractivity contribution in [2.45, 2.75) is 39.3 Å². The van der Waals surface area contributed by atoms with E-state index < -0.39 is 0 Å². The molecule has 19 heavy (non-hydrogen) atoms. The quantitative estimate of drug-likeness (QED) is 0.693. The Labute approximate surface area is 116 Å². The summed E-state index contributed by atoms with van der Waals surface area (Å²) in [5.74, 6) is 0. The van der Waals surface area contributed by atoms with E-state index in [2.05, 4.69) is 34.3 Å². The van der Waals surface area contributed by atoms with E-state index in [-0.39, 0.29) is 0 Å². The molecule has 1 heterocycles. The summed E-state index contributed by atoms with van der Waals surface area (Å²) < 4.78 is 5.44. The monoisotopic (exact) mass is 263 g/mol. The first-order valence-corrected chi connectivity index (χ1v) is 7.34. The summed E-state index contributed by atoms with van der Waals surface area (Å²) in [5, 5.41) is 3.50. The maximum Gasteiger partial charge on any atom is 0.0641 e. The normalized spacial score (nSPS) is 14.6. The van der Waals surface area contributed by atoms with E-state index in [0.29, 0.717) is 0 Å². The number of rotatable bonds is 9. The molecule has 0 amide bonds. The minimum atomic E-state index is 0.727. The van der Waals surface area contributed by atoms with Gasteiger partial charge in [0.2, 0.25) is 0 Å². The highest BCUT2D eigenvalue weighted by atomic mass is 16.5. The van der Waals surface area contributed by atoms with Crippen molar-refractivity contribution < 1.29 is 4.74 Å². The molecule has 4 nitrogen and oxygen atoms in total. The topological polar surface area (TPSA) is 37.4 Å². The molecule has 0 atom stereocenters. The number of likely N-dealkylation sites (N-methyl/N-ethyl adjacent to an activating group) is 1. The summed E-state index contributed by atoms with van der Waals surface area (Å²) in [4.78, 5) is 6.76. The van der Waals surface area contributed by atoms with Crippen LogP contribution in [0.5, 0.6) is 0 Å². The predicted octanol–water partition coefficient (Wildman–Crippen LogP) is 2.20. The third-order valence-electron chi connectivity index (χ3n) is 3.41. The van der Waals surface area contributed by atoms with Gasteiger partial charge in [-0.25, -0.2) is 0 Å². The van der Waals surface area contributed by atoms with Crippen molar-refractivity contribution in [1.29, 1.82) is 0 Å². The van der Waals surface area contributed by atoms with E-state index in [1.165, 1.54) is 18.5 Å². The van der Waals surface area contributed by atoms with Crippen LogP contribution >= 0.6 is 0 Å². The standard InChI is InChI=1S/C15H25N3O/c1-3-18(9-10-19-4-2)15-7-8-16-14(11-15)12-17-13-5-6-13/h7-8,11,13,17H,3-6,9-10,12H2,1-2H3. The summed E-state index contributed by atoms with van der Waals surface area (Å²) in [7, 11) is 0. The fourth-order valence-electron chi connectivity index (χ4n) is 2.08. The molecule has 1 fully saturated rings. The molecule has 1 aromatic rings. The smallest absolute Gasteiger partial charge is 0.0641 e. The Hall–Kier alpha value is -1.13. The molecule has 0 saturated heterocycles. The number of hydrogen-bond donors (Lipinski definition) is 1. The highest BCUT2D eigenvalue weighted by Crippen LogP contribution is 2.20. The van der Waals surface area contributed by atoms with Gasteiger partial charge in [0.1, 0.15) is 0 Å². The molecule has 0 spiro atoms. The summed E-state index contributed by atoms with van der Waals surface area (Å²) in [6, 6.07) is 4.99. The van der Waals surface area contributed by atoms with E-state index in [1.807, 2.05) is 13.1 Å². The largest absolute Gasteiger partial charge is 0.380 e. The minimum absolute atomic E-state index is 0.727. The summed E-state index contributed by atoms with van der Waals surface area (Å²) in [5.41, 5.74) is 2.36. The Bertz CT molecular complexity index is 379. The van der Waals surface area contributed by atoms with Crippen molar-refractivity contribution in [1.82, 2.24) is 10.3 Å². The van der Waals surface area contributed by atoms with Crippen molar-refractivity contribution in [3.8, 4) is 0 Å². The lowest BCUT2D eigenvalue weighted by Gasteiger charge is -2.23. The number of nitrogens with one attached hydrogen (secondary N) is 1. The SMILES string of the molecule is CCOCCN(CC)c1ccnc(CNC2CC2)c1. The van der Waals surface area contributed by atoms with Gasteiger partial charge in [0.25, 0.3) is 0 Å². The van der Waals surface area contributed by atoms with Crippen LogP contribution in [0.4, 0.5) is 5.69 Å². The second kappa shape index (κ2) is 7.46. The van der Waals surface area contributed by atoms with Crippen LogP contribution in [-0.4, -0.2) is 37.3 Å². The van der Waals surface area contributed by atoms with Crippen LogP contribution < -0.4 is 10.2 Å². The summed E-state index contributed by atoms with van der Waals surface area (Å²) >= 11 is 0. The first-order chi connectivity index (χ1) is 9.33. The molecule has 1 aromatic heterocycles. The van der Waals surface area contributed by atoms with Gasteiger partial charge in [-0.3, -0.25) is 4.98 Å². The van der Waals surface area contributed by atoms with Gasteiger partial charge in [-0.15, -0.1) is 0 Å². The van der Waals surface area contributed by atoms with Crippen LogP contribution in [0.25, 0.3) is 0 Å². The average molecular weight is 263 g/mol. The summed E-state index contributed by atoms with van der Waals surface area (Å²) in [6.07, 6.45) is 4.53. The van der Waals surface area contributed by atoms with E-state index in [1.54, 1.807) is 0 Å². The van der Waals surface area contributed by atoms with E-state index in [4.69, 9.17) is 4.74 Å². The Balaban J connectivity index is 1.90. The third kappa shape index (κ3) is 4.80. The fourth-order valence-corrected chi connectivity index (χ4v) is 2.08. The summed E-state index contributed by atoms with van der Waals surface area (Å²) in [6.45, 7) is 8.57. The molecular weight excluding hydrogens is 238 g/mol. The van der Waals surface area contributed by atoms with Gasteiger partial charge in [-0.1, -0.05) is 0 Å². The number of aromatic nitrogens is 1. The van der Waals surface area contributed by atoms with E-state index in [0.717, 1.165) is 44.6 Å². The van der Waals surface area contributed by atoms with Gasteiger partial charge in [0.15, 0.2) is 0 Å². The van der Waals surface area contributed by atoms with Gasteiger partial charge in [-0.2, -0.15) is 0 Å². The van der Waals surface area contributed by atoms with Crippen LogP contribution in [-0.2, 0) is 11.3 Å². The Kier molecular flexibility index (Phi) is 5.61. The van der Waals surface area contributed by atoms with Crippen LogP contribution in [0.3, 0.4) is 0 Å². The number of pyridine rings is 1. The second-order valence-electron chi connectivity index (χ2n) is 4.94. The average Bonchev–Trinajstić information content (AvgIpc) is 3.26. The second-order valence-corrected chi connectivity index (χ2v) is 4.94. The van der Waals surface area contributed by atoms with Crippen LogP contribution in [0.1, 0.15) is 32.4 Å². The molecule has 0 aromatic carbocycles. The predicted molar refractivity (Wildman–Crippen MR) is 78.5 cm³/mol. The van der Waals surface area contributed by atoms with Crippen LogP contribution in [0.15, 0.2) is 18.3 Å². The lowest BCUT2D eigenvalue weighted by molar-refractivity contribution is 0.154. The highest BCUT2D eigenvalue weighted by molar-refractivity contribution is 5.46. The lowest BCUT2D eigenvalue weighted by Crippen LogP contribution is -2.27.